The molecule has 0 aliphatic carbocycles. The number of nitrogens with one attached hydrogen (secondary N) is 1. The van der Waals surface area contributed by atoms with E-state index in [2.05, 4.69) is 29.0 Å². The molecule has 2 bridgehead atoms. The molecular formula is C17H20ClN3O2. The fourth-order valence-corrected chi connectivity index (χ4v) is 4.31. The molecule has 0 spiro atoms. The molecule has 1 unspecified atom stereocenters. The Balaban J connectivity index is 1.60. The van der Waals surface area contributed by atoms with Gasteiger partial charge in [-0.3, -0.25) is 9.69 Å². The summed E-state index contributed by atoms with van der Waals surface area (Å²) < 4.78 is 5.27. The van der Waals surface area contributed by atoms with Crippen LogP contribution in [0.25, 0.3) is 11.0 Å². The van der Waals surface area contributed by atoms with Crippen molar-refractivity contribution in [3.8, 4) is 0 Å². The summed E-state index contributed by atoms with van der Waals surface area (Å²) in [6, 6.07) is 1.85. The molecule has 5 rings (SSSR count). The van der Waals surface area contributed by atoms with Crippen LogP contribution in [-0.4, -0.2) is 40.5 Å². The van der Waals surface area contributed by atoms with Gasteiger partial charge < -0.3 is 9.73 Å². The molecule has 0 aromatic carbocycles. The lowest BCUT2D eigenvalue weighted by atomic mass is 9.72. The highest BCUT2D eigenvalue weighted by atomic mass is 35.5. The molecule has 1 atom stereocenters. The Bertz CT molecular complexity index is 762. The average Bonchev–Trinajstić information content (AvgIpc) is 2.92. The Morgan fingerprint density at radius 3 is 2.87 bits per heavy atom. The van der Waals surface area contributed by atoms with Gasteiger partial charge in [0.25, 0.3) is 5.91 Å². The summed E-state index contributed by atoms with van der Waals surface area (Å²) in [5.41, 5.74) is 0.955. The normalized spacial score (nSPS) is 28.9. The van der Waals surface area contributed by atoms with Crippen molar-refractivity contribution in [3.63, 3.8) is 0 Å². The van der Waals surface area contributed by atoms with E-state index >= 15 is 0 Å². The van der Waals surface area contributed by atoms with Gasteiger partial charge in [-0.1, -0.05) is 11.6 Å². The van der Waals surface area contributed by atoms with Crippen molar-refractivity contribution in [2.24, 2.45) is 5.92 Å². The highest BCUT2D eigenvalue weighted by molar-refractivity contribution is 6.35. The number of hydrogen-bond donors (Lipinski definition) is 1. The van der Waals surface area contributed by atoms with Gasteiger partial charge in [-0.15, -0.1) is 0 Å². The number of carbonyl (C=O) groups is 1. The first-order valence-electron chi connectivity index (χ1n) is 8.05. The molecule has 0 saturated carbocycles. The van der Waals surface area contributed by atoms with Crippen LogP contribution < -0.4 is 5.32 Å². The number of hydrogen-bond acceptors (Lipinski definition) is 4. The maximum absolute atomic E-state index is 12.7. The zero-order chi connectivity index (χ0) is 16.2. The molecule has 0 radical (unpaired) electrons. The Hall–Kier alpha value is -1.59. The summed E-state index contributed by atoms with van der Waals surface area (Å²) in [4.78, 5) is 19.4. The standard InChI is InChI=1S/C17H20ClN3O2/c1-17(2)15(10-3-5-21(17)6-4-10)20-16(22)13-7-11-12(18)9-23-14(11)8-19-13/h7-10,15H,3-6H2,1-2H3,(H,20,22). The van der Waals surface area contributed by atoms with Crippen LogP contribution in [0.4, 0.5) is 0 Å². The zero-order valence-corrected chi connectivity index (χ0v) is 14.1. The maximum atomic E-state index is 12.7. The number of furan rings is 1. The molecule has 2 aromatic rings. The van der Waals surface area contributed by atoms with E-state index in [1.54, 1.807) is 12.3 Å². The topological polar surface area (TPSA) is 58.4 Å². The molecule has 3 saturated heterocycles. The molecule has 5 nitrogen and oxygen atoms in total. The number of halogens is 1. The largest absolute Gasteiger partial charge is 0.461 e. The van der Waals surface area contributed by atoms with E-state index in [0.29, 0.717) is 22.2 Å². The minimum absolute atomic E-state index is 0.0196. The van der Waals surface area contributed by atoms with Crippen LogP contribution in [0.1, 0.15) is 37.2 Å². The van der Waals surface area contributed by atoms with Crippen molar-refractivity contribution < 1.29 is 9.21 Å². The number of rotatable bonds is 2. The van der Waals surface area contributed by atoms with Gasteiger partial charge in [0.15, 0.2) is 5.58 Å². The number of piperidine rings is 3. The van der Waals surface area contributed by atoms with E-state index in [-0.39, 0.29) is 17.5 Å². The van der Waals surface area contributed by atoms with Crippen molar-refractivity contribution in [2.75, 3.05) is 13.1 Å². The molecule has 1 amide bonds. The van der Waals surface area contributed by atoms with Gasteiger partial charge in [-0.05, 0) is 51.8 Å². The van der Waals surface area contributed by atoms with Gasteiger partial charge in [0.1, 0.15) is 12.0 Å². The smallest absolute Gasteiger partial charge is 0.270 e. The van der Waals surface area contributed by atoms with Crippen LogP contribution in [0.3, 0.4) is 0 Å². The molecule has 23 heavy (non-hydrogen) atoms. The van der Waals surface area contributed by atoms with Crippen LogP contribution in [0.15, 0.2) is 22.9 Å². The van der Waals surface area contributed by atoms with E-state index in [9.17, 15) is 4.79 Å². The first kappa shape index (κ1) is 15.0. The van der Waals surface area contributed by atoms with Gasteiger partial charge in [0.05, 0.1) is 11.2 Å². The third-order valence-electron chi connectivity index (χ3n) is 5.52. The molecule has 5 heterocycles. The number of aromatic nitrogens is 1. The number of nitrogens with zero attached hydrogens (tertiary/aromatic N) is 2. The van der Waals surface area contributed by atoms with E-state index in [4.69, 9.17) is 16.0 Å². The molecule has 122 valence electrons. The summed E-state index contributed by atoms with van der Waals surface area (Å²) >= 11 is 6.08. The lowest BCUT2D eigenvalue weighted by Crippen LogP contribution is -2.69. The van der Waals surface area contributed by atoms with Crippen LogP contribution in [0.5, 0.6) is 0 Å². The van der Waals surface area contributed by atoms with E-state index in [1.165, 1.54) is 6.26 Å². The molecule has 1 N–H and O–H groups in total. The van der Waals surface area contributed by atoms with Crippen molar-refractivity contribution >= 4 is 28.5 Å². The third-order valence-corrected chi connectivity index (χ3v) is 5.81. The zero-order valence-electron chi connectivity index (χ0n) is 13.3. The van der Waals surface area contributed by atoms with Gasteiger partial charge in [-0.25, -0.2) is 4.98 Å². The van der Waals surface area contributed by atoms with Crippen LogP contribution in [-0.2, 0) is 0 Å². The average molecular weight is 334 g/mol. The Kier molecular flexibility index (Phi) is 3.39. The summed E-state index contributed by atoms with van der Waals surface area (Å²) in [5.74, 6) is 0.399. The highest BCUT2D eigenvalue weighted by Gasteiger charge is 2.48. The van der Waals surface area contributed by atoms with Gasteiger partial charge >= 0.3 is 0 Å². The summed E-state index contributed by atoms with van der Waals surface area (Å²) in [5, 5.41) is 4.44. The van der Waals surface area contributed by atoms with Crippen molar-refractivity contribution in [3.05, 3.63) is 29.2 Å². The number of pyridine rings is 1. The molecule has 2 aromatic heterocycles. The van der Waals surface area contributed by atoms with Crippen LogP contribution in [0.2, 0.25) is 5.02 Å². The van der Waals surface area contributed by atoms with Crippen LogP contribution in [0, 0.1) is 5.92 Å². The lowest BCUT2D eigenvalue weighted by molar-refractivity contribution is -0.0378. The van der Waals surface area contributed by atoms with E-state index < -0.39 is 0 Å². The lowest BCUT2D eigenvalue weighted by Gasteiger charge is -2.56. The minimum Gasteiger partial charge on any atom is -0.461 e. The van der Waals surface area contributed by atoms with Crippen molar-refractivity contribution in [2.45, 2.75) is 38.3 Å². The van der Waals surface area contributed by atoms with Gasteiger partial charge in [0, 0.05) is 17.0 Å². The summed E-state index contributed by atoms with van der Waals surface area (Å²) in [6.45, 7) is 6.68. The van der Waals surface area contributed by atoms with Crippen molar-refractivity contribution in [1.29, 1.82) is 0 Å². The Morgan fingerprint density at radius 2 is 2.17 bits per heavy atom. The third kappa shape index (κ3) is 2.34. The van der Waals surface area contributed by atoms with E-state index in [0.717, 1.165) is 31.3 Å². The maximum Gasteiger partial charge on any atom is 0.270 e. The SMILES string of the molecule is CC1(C)C(NC(=O)c2cc3c(Cl)coc3cn2)C2CCN1CC2. The number of amides is 1. The van der Waals surface area contributed by atoms with Gasteiger partial charge in [0.2, 0.25) is 0 Å². The Morgan fingerprint density at radius 1 is 1.43 bits per heavy atom. The quantitative estimate of drug-likeness (QED) is 0.917. The fraction of sp³-hybridized carbons (Fsp3) is 0.529. The molecular weight excluding hydrogens is 314 g/mol. The molecule has 3 aliphatic heterocycles. The second-order valence-electron chi connectivity index (χ2n) is 7.08. The number of carbonyl (C=O) groups excluding carboxylic acids is 1. The summed E-state index contributed by atoms with van der Waals surface area (Å²) in [7, 11) is 0. The van der Waals surface area contributed by atoms with E-state index in [1.807, 2.05) is 0 Å². The predicted molar refractivity (Wildman–Crippen MR) is 88.6 cm³/mol. The minimum atomic E-state index is -0.143. The Labute approximate surface area is 140 Å². The predicted octanol–water partition coefficient (Wildman–Crippen LogP) is 3.08. The first-order chi connectivity index (χ1) is 11.0. The molecule has 6 heteroatoms. The highest BCUT2D eigenvalue weighted by Crippen LogP contribution is 2.39. The second-order valence-corrected chi connectivity index (χ2v) is 7.49. The van der Waals surface area contributed by atoms with Crippen molar-refractivity contribution in [1.82, 2.24) is 15.2 Å². The second kappa shape index (κ2) is 5.21. The van der Waals surface area contributed by atoms with Gasteiger partial charge in [-0.2, -0.15) is 0 Å². The first-order valence-corrected chi connectivity index (χ1v) is 8.43. The van der Waals surface area contributed by atoms with Crippen LogP contribution >= 0.6 is 11.6 Å². The molecule has 3 fully saturated rings. The fourth-order valence-electron chi connectivity index (χ4n) is 4.12. The monoisotopic (exact) mass is 333 g/mol. The number of fused-ring (bicyclic) bond motifs is 4. The summed E-state index contributed by atoms with van der Waals surface area (Å²) in [6.07, 6.45) is 5.31. The molecule has 3 aliphatic rings.